The molecule has 0 amide bonds. The fourth-order valence-corrected chi connectivity index (χ4v) is 1.43. The van der Waals surface area contributed by atoms with Gasteiger partial charge >= 0.3 is 0 Å². The lowest BCUT2D eigenvalue weighted by Crippen LogP contribution is -1.93. The topological polar surface area (TPSA) is 0 Å². The van der Waals surface area contributed by atoms with Gasteiger partial charge in [-0.1, -0.05) is 73.7 Å². The summed E-state index contributed by atoms with van der Waals surface area (Å²) in [7, 11) is 0. The van der Waals surface area contributed by atoms with Gasteiger partial charge in [0.2, 0.25) is 0 Å². The minimum Gasteiger partial charge on any atom is -0.0991 e. The van der Waals surface area contributed by atoms with Crippen molar-refractivity contribution in [2.24, 2.45) is 0 Å². The molecule has 78 valence electrons. The van der Waals surface area contributed by atoms with E-state index >= 15 is 0 Å². The maximum Gasteiger partial charge on any atom is 0.00201 e. The van der Waals surface area contributed by atoms with E-state index in [1.807, 2.05) is 18.2 Å². The van der Waals surface area contributed by atoms with E-state index in [1.165, 1.54) is 11.1 Å². The summed E-state index contributed by atoms with van der Waals surface area (Å²) in [5.41, 5.74) is 2.72. The molecule has 0 fully saturated rings. The molecule has 0 aliphatic carbocycles. The first-order chi connectivity index (χ1) is 7.25. The Kier molecular flexibility index (Phi) is 4.62. The highest BCUT2D eigenvalue weighted by molar-refractivity contribution is 5.29. The summed E-state index contributed by atoms with van der Waals surface area (Å²) >= 11 is 0. The Bertz CT molecular complexity index is 355. The molecule has 0 spiro atoms. The van der Waals surface area contributed by atoms with Gasteiger partial charge in [0.05, 0.1) is 0 Å². The predicted octanol–water partition coefficient (Wildman–Crippen LogP) is 4.48. The molecule has 0 N–H and O–H groups in total. The van der Waals surface area contributed by atoms with Crippen molar-refractivity contribution >= 4 is 0 Å². The number of hydrogen-bond donors (Lipinski definition) is 0. The smallest absolute Gasteiger partial charge is 0.00201 e. The third kappa shape index (κ3) is 3.59. The van der Waals surface area contributed by atoms with Gasteiger partial charge in [-0.15, -0.1) is 0 Å². The van der Waals surface area contributed by atoms with Crippen LogP contribution in [-0.2, 0) is 0 Å². The van der Waals surface area contributed by atoms with Gasteiger partial charge in [-0.3, -0.25) is 0 Å². The van der Waals surface area contributed by atoms with Crippen molar-refractivity contribution in [2.45, 2.75) is 19.8 Å². The lowest BCUT2D eigenvalue weighted by atomic mass is 9.94. The molecule has 15 heavy (non-hydrogen) atoms. The van der Waals surface area contributed by atoms with Crippen LogP contribution in [-0.4, -0.2) is 0 Å². The largest absolute Gasteiger partial charge is 0.0991 e. The van der Waals surface area contributed by atoms with E-state index in [9.17, 15) is 0 Å². The normalized spacial score (nSPS) is 14.1. The van der Waals surface area contributed by atoms with Crippen LogP contribution in [0.5, 0.6) is 0 Å². The van der Waals surface area contributed by atoms with E-state index < -0.39 is 0 Å². The summed E-state index contributed by atoms with van der Waals surface area (Å²) in [5.74, 6) is 0.473. The Morgan fingerprint density at radius 3 is 2.47 bits per heavy atom. The third-order valence-corrected chi connectivity index (χ3v) is 2.59. The van der Waals surface area contributed by atoms with Gasteiger partial charge in [0.25, 0.3) is 0 Å². The van der Waals surface area contributed by atoms with Gasteiger partial charge < -0.3 is 0 Å². The maximum absolute atomic E-state index is 3.64. The fraction of sp³-hybridized carbons (Fsp3) is 0.200. The van der Waals surface area contributed by atoms with Gasteiger partial charge in [-0.2, -0.15) is 0 Å². The zero-order valence-corrected chi connectivity index (χ0v) is 9.48. The second kappa shape index (κ2) is 6.02. The first kappa shape index (κ1) is 11.5. The van der Waals surface area contributed by atoms with Crippen molar-refractivity contribution in [3.05, 3.63) is 72.4 Å². The maximum atomic E-state index is 3.64. The van der Waals surface area contributed by atoms with Crippen LogP contribution in [0.25, 0.3) is 0 Å². The molecule has 0 radical (unpaired) electrons. The quantitative estimate of drug-likeness (QED) is 0.626. The standard InChI is InChI=1S/C15H18/c1-4-5-7-10-13(2)14(3)15-11-8-6-9-12-15/h4-12,14H,1H2,2-3H3/b7-5-,13-10+. The summed E-state index contributed by atoms with van der Waals surface area (Å²) < 4.78 is 0. The Morgan fingerprint density at radius 2 is 1.87 bits per heavy atom. The van der Waals surface area contributed by atoms with Crippen LogP contribution < -0.4 is 0 Å². The van der Waals surface area contributed by atoms with Crippen molar-refractivity contribution in [2.75, 3.05) is 0 Å². The van der Waals surface area contributed by atoms with E-state index in [2.05, 4.69) is 50.8 Å². The van der Waals surface area contributed by atoms with Crippen molar-refractivity contribution in [1.29, 1.82) is 0 Å². The predicted molar refractivity (Wildman–Crippen MR) is 68.0 cm³/mol. The SMILES string of the molecule is C=C/C=C\C=C(/C)C(C)c1ccccc1. The summed E-state index contributed by atoms with van der Waals surface area (Å²) in [4.78, 5) is 0. The van der Waals surface area contributed by atoms with Crippen LogP contribution in [0.3, 0.4) is 0 Å². The molecule has 1 aromatic carbocycles. The second-order valence-electron chi connectivity index (χ2n) is 3.66. The zero-order chi connectivity index (χ0) is 11.1. The van der Waals surface area contributed by atoms with Gasteiger partial charge in [-0.05, 0) is 12.5 Å². The molecule has 1 aromatic rings. The molecule has 0 heterocycles. The highest BCUT2D eigenvalue weighted by Gasteiger charge is 2.04. The molecule has 0 saturated carbocycles. The molecule has 0 aliphatic heterocycles. The molecule has 0 heteroatoms. The molecule has 0 saturated heterocycles. The van der Waals surface area contributed by atoms with Crippen LogP contribution in [0.1, 0.15) is 25.3 Å². The Hall–Kier alpha value is -1.56. The lowest BCUT2D eigenvalue weighted by molar-refractivity contribution is 0.894. The van der Waals surface area contributed by atoms with Crippen molar-refractivity contribution in [3.63, 3.8) is 0 Å². The number of hydrogen-bond acceptors (Lipinski definition) is 0. The second-order valence-corrected chi connectivity index (χ2v) is 3.66. The lowest BCUT2D eigenvalue weighted by Gasteiger charge is -2.11. The number of rotatable bonds is 4. The van der Waals surface area contributed by atoms with E-state index in [4.69, 9.17) is 0 Å². The summed E-state index contributed by atoms with van der Waals surface area (Å²) in [5, 5.41) is 0. The Balaban J connectivity index is 2.76. The first-order valence-corrected chi connectivity index (χ1v) is 5.26. The number of benzene rings is 1. The molecule has 0 aliphatic rings. The average Bonchev–Trinajstić information content (AvgIpc) is 2.29. The molecule has 0 bridgehead atoms. The third-order valence-electron chi connectivity index (χ3n) is 2.59. The molecular weight excluding hydrogens is 180 g/mol. The van der Waals surface area contributed by atoms with Crippen LogP contribution in [0.2, 0.25) is 0 Å². The Labute approximate surface area is 92.6 Å². The monoisotopic (exact) mass is 198 g/mol. The highest BCUT2D eigenvalue weighted by atomic mass is 14.1. The molecule has 1 rings (SSSR count). The molecular formula is C15H18. The van der Waals surface area contributed by atoms with E-state index in [-0.39, 0.29) is 0 Å². The minimum absolute atomic E-state index is 0.473. The van der Waals surface area contributed by atoms with Crippen LogP contribution >= 0.6 is 0 Å². The van der Waals surface area contributed by atoms with E-state index in [1.54, 1.807) is 6.08 Å². The van der Waals surface area contributed by atoms with Gasteiger partial charge in [0.15, 0.2) is 0 Å². The van der Waals surface area contributed by atoms with Crippen LogP contribution in [0.15, 0.2) is 66.8 Å². The van der Waals surface area contributed by atoms with Crippen LogP contribution in [0.4, 0.5) is 0 Å². The summed E-state index contributed by atoms with van der Waals surface area (Å²) in [6.45, 7) is 8.03. The zero-order valence-electron chi connectivity index (χ0n) is 9.48. The van der Waals surface area contributed by atoms with Gasteiger partial charge in [0, 0.05) is 5.92 Å². The Morgan fingerprint density at radius 1 is 1.20 bits per heavy atom. The highest BCUT2D eigenvalue weighted by Crippen LogP contribution is 2.22. The summed E-state index contributed by atoms with van der Waals surface area (Å²) in [6.07, 6.45) is 7.90. The van der Waals surface area contributed by atoms with Gasteiger partial charge in [-0.25, -0.2) is 0 Å². The van der Waals surface area contributed by atoms with Crippen molar-refractivity contribution in [3.8, 4) is 0 Å². The minimum atomic E-state index is 0.473. The van der Waals surface area contributed by atoms with Crippen molar-refractivity contribution in [1.82, 2.24) is 0 Å². The summed E-state index contributed by atoms with van der Waals surface area (Å²) in [6, 6.07) is 10.5. The average molecular weight is 198 g/mol. The van der Waals surface area contributed by atoms with E-state index in [0.29, 0.717) is 5.92 Å². The molecule has 1 atom stereocenters. The van der Waals surface area contributed by atoms with Crippen LogP contribution in [0, 0.1) is 0 Å². The van der Waals surface area contributed by atoms with Crippen molar-refractivity contribution < 1.29 is 0 Å². The fourth-order valence-electron chi connectivity index (χ4n) is 1.43. The molecule has 0 nitrogen and oxygen atoms in total. The molecule has 0 aromatic heterocycles. The first-order valence-electron chi connectivity index (χ1n) is 5.26. The number of allylic oxidation sites excluding steroid dienone is 5. The molecule has 1 unspecified atom stereocenters. The van der Waals surface area contributed by atoms with Gasteiger partial charge in [0.1, 0.15) is 0 Å². The van der Waals surface area contributed by atoms with E-state index in [0.717, 1.165) is 0 Å².